The highest BCUT2D eigenvalue weighted by atomic mass is 16.5. The number of hydrogen-bond donors (Lipinski definition) is 0. The third kappa shape index (κ3) is 9.78. The highest BCUT2D eigenvalue weighted by molar-refractivity contribution is 5.46. The van der Waals surface area contributed by atoms with E-state index in [1.54, 1.807) is 0 Å². The number of para-hydroxylation sites is 1. The molecule has 0 aliphatic carbocycles. The van der Waals surface area contributed by atoms with Crippen LogP contribution in [0.4, 0.5) is 0 Å². The minimum Gasteiger partial charge on any atom is -0.491 e. The van der Waals surface area contributed by atoms with Gasteiger partial charge in [-0.2, -0.15) is 0 Å². The van der Waals surface area contributed by atoms with Crippen molar-refractivity contribution >= 4 is 0 Å². The van der Waals surface area contributed by atoms with Crippen LogP contribution in [0.25, 0.3) is 0 Å². The quantitative estimate of drug-likeness (QED) is 0.219. The van der Waals surface area contributed by atoms with Crippen LogP contribution in [-0.4, -0.2) is 38.6 Å². The van der Waals surface area contributed by atoms with Crippen LogP contribution < -0.4 is 9.47 Å². The van der Waals surface area contributed by atoms with E-state index in [1.807, 2.05) is 6.07 Å². The summed E-state index contributed by atoms with van der Waals surface area (Å²) < 4.78 is 24.1. The molecule has 3 atom stereocenters. The topological polar surface area (TPSA) is 36.9 Å². The van der Waals surface area contributed by atoms with Gasteiger partial charge >= 0.3 is 0 Å². The molecule has 2 aromatic carbocycles. The van der Waals surface area contributed by atoms with Crippen LogP contribution in [0.15, 0.2) is 42.5 Å². The van der Waals surface area contributed by atoms with Crippen molar-refractivity contribution in [3.63, 3.8) is 0 Å². The van der Waals surface area contributed by atoms with E-state index in [0.29, 0.717) is 50.1 Å². The first-order valence-corrected chi connectivity index (χ1v) is 13.8. The zero-order valence-corrected chi connectivity index (χ0v) is 24.2. The lowest BCUT2D eigenvalue weighted by Gasteiger charge is -2.23. The Morgan fingerprint density at radius 1 is 0.611 bits per heavy atom. The molecule has 0 N–H and O–H groups in total. The summed E-state index contributed by atoms with van der Waals surface area (Å²) in [4.78, 5) is 0. The molecule has 36 heavy (non-hydrogen) atoms. The molecule has 202 valence electrons. The second-order valence-corrected chi connectivity index (χ2v) is 11.0. The summed E-state index contributed by atoms with van der Waals surface area (Å²) in [5, 5.41) is 0. The lowest BCUT2D eigenvalue weighted by atomic mass is 9.89. The van der Waals surface area contributed by atoms with E-state index in [1.165, 1.54) is 16.7 Å². The Bertz CT molecular complexity index is 889. The second kappa shape index (κ2) is 15.3. The summed E-state index contributed by atoms with van der Waals surface area (Å²) >= 11 is 0. The van der Waals surface area contributed by atoms with Crippen LogP contribution in [0, 0.1) is 11.8 Å². The number of hydrogen-bond acceptors (Lipinski definition) is 4. The summed E-state index contributed by atoms with van der Waals surface area (Å²) in [6, 6.07) is 15.0. The maximum atomic E-state index is 6.38. The van der Waals surface area contributed by atoms with Crippen molar-refractivity contribution in [3.05, 3.63) is 59.2 Å². The van der Waals surface area contributed by atoms with Gasteiger partial charge in [0.2, 0.25) is 0 Å². The number of rotatable bonds is 16. The van der Waals surface area contributed by atoms with E-state index < -0.39 is 0 Å². The van der Waals surface area contributed by atoms with Gasteiger partial charge in [0.15, 0.2) is 0 Å². The fraction of sp³-hybridized carbons (Fsp3) is 0.625. The highest BCUT2D eigenvalue weighted by Crippen LogP contribution is 2.36. The summed E-state index contributed by atoms with van der Waals surface area (Å²) in [7, 11) is 0. The average molecular weight is 499 g/mol. The van der Waals surface area contributed by atoms with Gasteiger partial charge in [-0.25, -0.2) is 0 Å². The molecule has 2 aromatic rings. The zero-order chi connectivity index (χ0) is 26.7. The van der Waals surface area contributed by atoms with E-state index >= 15 is 0 Å². The Morgan fingerprint density at radius 2 is 1.17 bits per heavy atom. The standard InChI is InChI=1S/C32H50O4/c1-22(2)26(8)33-16-18-35-29-13-10-12-28(21-29)20-25(7)31-15-11-14-30(24(5)6)32(31)36-19-17-34-27(9)23(3)4/h10-15,21-27H,16-20H2,1-9H3. The van der Waals surface area contributed by atoms with Crippen LogP contribution in [0.2, 0.25) is 0 Å². The first-order chi connectivity index (χ1) is 17.1. The molecule has 4 heteroatoms. The fourth-order valence-corrected chi connectivity index (χ4v) is 3.96. The SMILES string of the molecule is CC(C)c1cccc(C(C)Cc2cccc(OCCOC(C)C(C)C)c2)c1OCCOC(C)C(C)C. The Hall–Kier alpha value is -2.04. The molecule has 0 bridgehead atoms. The van der Waals surface area contributed by atoms with E-state index in [9.17, 15) is 0 Å². The highest BCUT2D eigenvalue weighted by Gasteiger charge is 2.18. The minimum absolute atomic E-state index is 0.229. The van der Waals surface area contributed by atoms with Crippen molar-refractivity contribution in [1.82, 2.24) is 0 Å². The van der Waals surface area contributed by atoms with Crippen molar-refractivity contribution in [1.29, 1.82) is 0 Å². The largest absolute Gasteiger partial charge is 0.491 e. The van der Waals surface area contributed by atoms with Gasteiger partial charge in [0.25, 0.3) is 0 Å². The van der Waals surface area contributed by atoms with Crippen molar-refractivity contribution in [3.8, 4) is 11.5 Å². The van der Waals surface area contributed by atoms with Gasteiger partial charge < -0.3 is 18.9 Å². The number of benzene rings is 2. The first kappa shape index (κ1) is 30.2. The third-order valence-electron chi connectivity index (χ3n) is 6.99. The first-order valence-electron chi connectivity index (χ1n) is 13.8. The molecule has 0 saturated carbocycles. The minimum atomic E-state index is 0.229. The van der Waals surface area contributed by atoms with Gasteiger partial charge in [-0.1, -0.05) is 78.8 Å². The van der Waals surface area contributed by atoms with Crippen LogP contribution >= 0.6 is 0 Å². The van der Waals surface area contributed by atoms with Crippen molar-refractivity contribution in [2.45, 2.75) is 92.8 Å². The van der Waals surface area contributed by atoms with Gasteiger partial charge in [0.1, 0.15) is 24.7 Å². The van der Waals surface area contributed by atoms with E-state index in [-0.39, 0.29) is 12.2 Å². The van der Waals surface area contributed by atoms with E-state index in [2.05, 4.69) is 98.7 Å². The van der Waals surface area contributed by atoms with Crippen molar-refractivity contribution < 1.29 is 18.9 Å². The summed E-state index contributed by atoms with van der Waals surface area (Å²) in [5.41, 5.74) is 3.76. The van der Waals surface area contributed by atoms with Crippen molar-refractivity contribution in [2.75, 3.05) is 26.4 Å². The molecule has 0 aliphatic heterocycles. The summed E-state index contributed by atoms with van der Waals surface area (Å²) in [5.74, 6) is 3.61. The lowest BCUT2D eigenvalue weighted by molar-refractivity contribution is 0.0185. The normalized spacial score (nSPS) is 14.3. The van der Waals surface area contributed by atoms with Gasteiger partial charge in [-0.3, -0.25) is 0 Å². The predicted octanol–water partition coefficient (Wildman–Crippen LogP) is 8.04. The van der Waals surface area contributed by atoms with Gasteiger partial charge in [-0.15, -0.1) is 0 Å². The third-order valence-corrected chi connectivity index (χ3v) is 6.99. The molecule has 0 radical (unpaired) electrons. The molecule has 0 saturated heterocycles. The molecule has 2 rings (SSSR count). The Morgan fingerprint density at radius 3 is 1.75 bits per heavy atom. The van der Waals surface area contributed by atoms with Gasteiger partial charge in [0, 0.05) is 0 Å². The summed E-state index contributed by atoms with van der Waals surface area (Å²) in [6.07, 6.45) is 1.38. The second-order valence-electron chi connectivity index (χ2n) is 11.0. The molecule has 4 nitrogen and oxygen atoms in total. The summed E-state index contributed by atoms with van der Waals surface area (Å²) in [6.45, 7) is 22.0. The Kier molecular flexibility index (Phi) is 12.8. The van der Waals surface area contributed by atoms with E-state index in [4.69, 9.17) is 18.9 Å². The van der Waals surface area contributed by atoms with Crippen molar-refractivity contribution in [2.24, 2.45) is 11.8 Å². The Balaban J connectivity index is 2.04. The molecule has 0 fully saturated rings. The van der Waals surface area contributed by atoms with Crippen LogP contribution in [0.3, 0.4) is 0 Å². The molecule has 0 spiro atoms. The Labute approximate surface area is 220 Å². The zero-order valence-electron chi connectivity index (χ0n) is 24.2. The molecule has 0 amide bonds. The maximum Gasteiger partial charge on any atom is 0.126 e. The monoisotopic (exact) mass is 498 g/mol. The average Bonchev–Trinajstić information content (AvgIpc) is 2.83. The lowest BCUT2D eigenvalue weighted by Crippen LogP contribution is -2.19. The van der Waals surface area contributed by atoms with Crippen LogP contribution in [-0.2, 0) is 15.9 Å². The van der Waals surface area contributed by atoms with Crippen LogP contribution in [0.1, 0.15) is 90.8 Å². The molecule has 0 heterocycles. The fourth-order valence-electron chi connectivity index (χ4n) is 3.96. The molecule has 0 aromatic heterocycles. The van der Waals surface area contributed by atoms with Gasteiger partial charge in [0.05, 0.1) is 25.4 Å². The smallest absolute Gasteiger partial charge is 0.126 e. The molecular weight excluding hydrogens is 448 g/mol. The molecule has 3 unspecified atom stereocenters. The molecule has 0 aliphatic rings. The van der Waals surface area contributed by atoms with Crippen LogP contribution in [0.5, 0.6) is 11.5 Å². The predicted molar refractivity (Wildman–Crippen MR) is 151 cm³/mol. The van der Waals surface area contributed by atoms with E-state index in [0.717, 1.165) is 17.9 Å². The maximum absolute atomic E-state index is 6.38. The van der Waals surface area contributed by atoms with Gasteiger partial charge in [-0.05, 0) is 72.8 Å². The molecular formula is C32H50O4. The number of ether oxygens (including phenoxy) is 4.